The van der Waals surface area contributed by atoms with Crippen molar-refractivity contribution in [1.29, 1.82) is 0 Å². The lowest BCUT2D eigenvalue weighted by Gasteiger charge is -2.39. The van der Waals surface area contributed by atoms with Gasteiger partial charge in [-0.25, -0.2) is 19.2 Å². The summed E-state index contributed by atoms with van der Waals surface area (Å²) in [6.45, 7) is 0.354. The SMILES string of the molecule is COC(=O)/C=C/c1ccc(C(=O)OCCCCCCOC(=O)C(C(=O)OCCCCCCOC(=O)c2ccc(/C=C/C(=O)OC)cc2)(C(N)c2ccccc2)C(N)c2ccccc2)cc1. The van der Waals surface area contributed by atoms with E-state index in [1.165, 1.54) is 26.4 Å². The molecule has 0 fully saturated rings. The van der Waals surface area contributed by atoms with Crippen LogP contribution in [0.15, 0.2) is 121 Å². The van der Waals surface area contributed by atoms with Crippen LogP contribution in [0, 0.1) is 5.41 Å². The Labute approximate surface area is 379 Å². The van der Waals surface area contributed by atoms with E-state index in [2.05, 4.69) is 9.47 Å². The molecule has 14 heteroatoms. The summed E-state index contributed by atoms with van der Waals surface area (Å²) in [6.07, 6.45) is 10.5. The average Bonchev–Trinajstić information content (AvgIpc) is 3.34. The van der Waals surface area contributed by atoms with Crippen molar-refractivity contribution in [3.8, 4) is 0 Å². The normalized spacial score (nSPS) is 12.2. The highest BCUT2D eigenvalue weighted by atomic mass is 16.6. The van der Waals surface area contributed by atoms with E-state index in [4.69, 9.17) is 30.4 Å². The summed E-state index contributed by atoms with van der Waals surface area (Å²) in [5.74, 6) is -3.70. The first-order valence-electron chi connectivity index (χ1n) is 21.5. The quantitative estimate of drug-likeness (QED) is 0.0204. The van der Waals surface area contributed by atoms with Crippen LogP contribution in [0.1, 0.15) is 106 Å². The molecular weight excluding hydrogens is 833 g/mol. The first kappa shape index (κ1) is 50.7. The van der Waals surface area contributed by atoms with Gasteiger partial charge in [-0.1, -0.05) is 84.9 Å². The fourth-order valence-electron chi connectivity index (χ4n) is 6.74. The Kier molecular flexibility index (Phi) is 21.3. The highest BCUT2D eigenvalue weighted by Gasteiger charge is 2.59. The van der Waals surface area contributed by atoms with Crippen LogP contribution < -0.4 is 11.5 Å². The average molecular weight is 891 g/mol. The number of nitrogens with two attached hydrogens (primary N) is 2. The van der Waals surface area contributed by atoms with Crippen molar-refractivity contribution in [1.82, 2.24) is 0 Å². The van der Waals surface area contributed by atoms with Gasteiger partial charge < -0.3 is 39.9 Å². The number of unbranched alkanes of at least 4 members (excludes halogenated alkanes) is 6. The summed E-state index contributed by atoms with van der Waals surface area (Å²) in [6, 6.07) is 28.3. The predicted molar refractivity (Wildman–Crippen MR) is 244 cm³/mol. The Bertz CT molecular complexity index is 2030. The van der Waals surface area contributed by atoms with E-state index in [1.807, 2.05) is 0 Å². The number of methoxy groups -OCH3 is 2. The van der Waals surface area contributed by atoms with Gasteiger partial charge in [0.05, 0.1) is 63.9 Å². The molecule has 4 N–H and O–H groups in total. The fraction of sp³-hybridized carbons (Fsp3) is 0.333. The molecule has 0 saturated carbocycles. The summed E-state index contributed by atoms with van der Waals surface area (Å²) >= 11 is 0. The zero-order chi connectivity index (χ0) is 46.9. The van der Waals surface area contributed by atoms with Gasteiger partial charge in [0.1, 0.15) is 0 Å². The topological polar surface area (TPSA) is 210 Å². The second-order valence-electron chi connectivity index (χ2n) is 15.0. The lowest BCUT2D eigenvalue weighted by molar-refractivity contribution is -0.177. The predicted octanol–water partition coefficient (Wildman–Crippen LogP) is 7.67. The van der Waals surface area contributed by atoms with Gasteiger partial charge in [0.15, 0.2) is 0 Å². The van der Waals surface area contributed by atoms with Crippen LogP contribution in [-0.2, 0) is 47.6 Å². The largest absolute Gasteiger partial charge is 0.466 e. The third-order valence-electron chi connectivity index (χ3n) is 10.5. The maximum absolute atomic E-state index is 14.4. The summed E-state index contributed by atoms with van der Waals surface area (Å²) in [7, 11) is 2.58. The van der Waals surface area contributed by atoms with E-state index in [0.717, 1.165) is 11.1 Å². The number of carbonyl (C=O) groups excluding carboxylic acids is 6. The van der Waals surface area contributed by atoms with Crippen LogP contribution in [0.4, 0.5) is 0 Å². The van der Waals surface area contributed by atoms with E-state index < -0.39 is 53.3 Å². The molecule has 0 aliphatic carbocycles. The van der Waals surface area contributed by atoms with Crippen molar-refractivity contribution >= 4 is 48.0 Å². The first-order chi connectivity index (χ1) is 31.5. The highest BCUT2D eigenvalue weighted by molar-refractivity contribution is 6.02. The van der Waals surface area contributed by atoms with E-state index in [-0.39, 0.29) is 26.4 Å². The first-order valence-corrected chi connectivity index (χ1v) is 21.5. The molecule has 0 aliphatic heterocycles. The van der Waals surface area contributed by atoms with E-state index >= 15 is 0 Å². The van der Waals surface area contributed by atoms with Crippen LogP contribution in [0.3, 0.4) is 0 Å². The Balaban J connectivity index is 1.29. The monoisotopic (exact) mass is 890 g/mol. The minimum absolute atomic E-state index is 0.0162. The van der Waals surface area contributed by atoms with Crippen LogP contribution in [0.25, 0.3) is 12.2 Å². The molecule has 0 aliphatic rings. The highest BCUT2D eigenvalue weighted by Crippen LogP contribution is 2.44. The second-order valence-corrected chi connectivity index (χ2v) is 15.0. The number of rotatable bonds is 26. The van der Waals surface area contributed by atoms with Crippen LogP contribution in [0.2, 0.25) is 0 Å². The number of carbonyl (C=O) groups is 6. The third-order valence-corrected chi connectivity index (χ3v) is 10.5. The zero-order valence-electron chi connectivity index (χ0n) is 36.9. The smallest absolute Gasteiger partial charge is 0.338 e. The Hall–Kier alpha value is -6.90. The van der Waals surface area contributed by atoms with Crippen molar-refractivity contribution < 1.29 is 57.2 Å². The second kappa shape index (κ2) is 27.3. The van der Waals surface area contributed by atoms with Crippen molar-refractivity contribution in [2.75, 3.05) is 40.6 Å². The van der Waals surface area contributed by atoms with Crippen molar-refractivity contribution in [2.24, 2.45) is 16.9 Å². The van der Waals surface area contributed by atoms with Crippen LogP contribution in [0.5, 0.6) is 0 Å². The number of benzene rings is 4. The molecule has 0 spiro atoms. The molecule has 0 amide bonds. The molecule has 0 heterocycles. The van der Waals surface area contributed by atoms with Crippen molar-refractivity contribution in [3.63, 3.8) is 0 Å². The van der Waals surface area contributed by atoms with Crippen molar-refractivity contribution in [3.05, 3.63) is 155 Å². The lowest BCUT2D eigenvalue weighted by atomic mass is 9.69. The Morgan fingerprint density at radius 1 is 0.462 bits per heavy atom. The number of esters is 6. The van der Waals surface area contributed by atoms with E-state index in [0.29, 0.717) is 73.6 Å². The van der Waals surface area contributed by atoms with Gasteiger partial charge in [0.25, 0.3) is 0 Å². The van der Waals surface area contributed by atoms with Gasteiger partial charge in [-0.05, 0) is 110 Å². The summed E-state index contributed by atoms with van der Waals surface area (Å²) < 4.78 is 31.7. The molecule has 2 atom stereocenters. The number of hydrogen-bond acceptors (Lipinski definition) is 14. The molecule has 0 saturated heterocycles. The standard InChI is InChI=1S/C51H58N2O12/c1-60-43(54)31-25-37-21-27-41(28-22-37)47(56)62-33-13-3-5-15-35-64-49(58)51(45(52)39-17-9-7-10-18-39,46(53)40-19-11-8-12-20-40)50(59)65-36-16-6-4-14-34-63-48(57)42-29-23-38(24-30-42)26-32-44(55)61-2/h7-12,17-32,45-46H,3-6,13-16,33-36,52-53H2,1-2H3/b31-25+,32-26+. The Morgan fingerprint density at radius 3 is 1.11 bits per heavy atom. The fourth-order valence-corrected chi connectivity index (χ4v) is 6.74. The molecule has 65 heavy (non-hydrogen) atoms. The molecule has 0 radical (unpaired) electrons. The lowest BCUT2D eigenvalue weighted by Crippen LogP contribution is -2.56. The van der Waals surface area contributed by atoms with Gasteiger partial charge in [0.2, 0.25) is 5.41 Å². The molecular formula is C51H58N2O12. The number of hydrogen-bond donors (Lipinski definition) is 2. The van der Waals surface area contributed by atoms with Gasteiger partial charge in [-0.3, -0.25) is 9.59 Å². The van der Waals surface area contributed by atoms with Gasteiger partial charge in [-0.15, -0.1) is 0 Å². The van der Waals surface area contributed by atoms with Crippen LogP contribution in [-0.4, -0.2) is 76.5 Å². The molecule has 4 aromatic carbocycles. The molecule has 4 rings (SSSR count). The van der Waals surface area contributed by atoms with Crippen LogP contribution >= 0.6 is 0 Å². The van der Waals surface area contributed by atoms with E-state index in [9.17, 15) is 28.8 Å². The third kappa shape index (κ3) is 15.7. The maximum Gasteiger partial charge on any atom is 0.338 e. The maximum atomic E-state index is 14.4. The summed E-state index contributed by atoms with van der Waals surface area (Å²) in [5.41, 5.74) is 14.8. The minimum atomic E-state index is -2.16. The zero-order valence-corrected chi connectivity index (χ0v) is 36.9. The van der Waals surface area contributed by atoms with Gasteiger partial charge in [0, 0.05) is 12.2 Å². The Morgan fingerprint density at radius 2 is 0.785 bits per heavy atom. The molecule has 4 aromatic rings. The van der Waals surface area contributed by atoms with Crippen molar-refractivity contribution in [2.45, 2.75) is 63.5 Å². The van der Waals surface area contributed by atoms with E-state index in [1.54, 1.807) is 121 Å². The molecule has 0 aromatic heterocycles. The molecule has 344 valence electrons. The molecule has 2 unspecified atom stereocenters. The summed E-state index contributed by atoms with van der Waals surface area (Å²) in [5, 5.41) is 0. The van der Waals surface area contributed by atoms with Gasteiger partial charge in [-0.2, -0.15) is 0 Å². The number of ether oxygens (including phenoxy) is 6. The summed E-state index contributed by atoms with van der Waals surface area (Å²) in [4.78, 5) is 76.5. The molecule has 14 nitrogen and oxygen atoms in total. The van der Waals surface area contributed by atoms with Gasteiger partial charge >= 0.3 is 35.8 Å². The molecule has 0 bridgehead atoms. The minimum Gasteiger partial charge on any atom is -0.466 e.